The molecule has 14 heteroatoms. The molecule has 0 radical (unpaired) electrons. The van der Waals surface area contributed by atoms with Gasteiger partial charge in [0.1, 0.15) is 30.4 Å². The number of aryl methyl sites for hydroxylation is 1. The Kier molecular flexibility index (Phi) is 6.64. The standard InChI is InChI=1S/C19H24N5O8P/c1-2-11-4-3-10(5-12(11)32-33(28,29)30)6-20-17-14-18(22-8-21-17)24(9-23-14)19-16(27)15(26)13(7-25)31-19/h3-5,8-9,13,15-16,19,25-27H,2,6-7H2,1H3,(H,20,21,22)(H2,28,29,30)/t13-,15-,16-,19-/m1/s1. The normalized spacial score (nSPS) is 23.2. The number of rotatable bonds is 8. The zero-order valence-electron chi connectivity index (χ0n) is 17.5. The second-order valence-corrected chi connectivity index (χ2v) is 8.67. The Labute approximate surface area is 187 Å². The number of aliphatic hydroxyl groups excluding tert-OH is 3. The van der Waals surface area contributed by atoms with E-state index in [0.717, 1.165) is 0 Å². The van der Waals surface area contributed by atoms with Crippen LogP contribution in [0.2, 0.25) is 0 Å². The molecule has 178 valence electrons. The van der Waals surface area contributed by atoms with Crippen molar-refractivity contribution in [3.63, 3.8) is 0 Å². The van der Waals surface area contributed by atoms with Gasteiger partial charge >= 0.3 is 7.82 Å². The summed E-state index contributed by atoms with van der Waals surface area (Å²) in [4.78, 5) is 31.0. The Bertz CT molecular complexity index is 1180. The molecule has 0 bridgehead atoms. The lowest BCUT2D eigenvalue weighted by Gasteiger charge is -2.16. The van der Waals surface area contributed by atoms with Gasteiger partial charge in [-0.3, -0.25) is 14.4 Å². The Balaban J connectivity index is 1.56. The van der Waals surface area contributed by atoms with Crippen LogP contribution in [0.15, 0.2) is 30.9 Å². The molecule has 0 aliphatic carbocycles. The molecule has 3 aromatic rings. The second-order valence-electron chi connectivity index (χ2n) is 7.51. The molecule has 1 saturated heterocycles. The number of hydrogen-bond donors (Lipinski definition) is 6. The minimum absolute atomic E-state index is 0.103. The van der Waals surface area contributed by atoms with Gasteiger partial charge in [-0.2, -0.15) is 0 Å². The van der Waals surface area contributed by atoms with E-state index in [2.05, 4.69) is 20.3 Å². The van der Waals surface area contributed by atoms with Gasteiger partial charge in [-0.05, 0) is 23.6 Å². The lowest BCUT2D eigenvalue weighted by molar-refractivity contribution is -0.0511. The molecule has 33 heavy (non-hydrogen) atoms. The van der Waals surface area contributed by atoms with Crippen LogP contribution in [0.3, 0.4) is 0 Å². The van der Waals surface area contributed by atoms with E-state index in [1.54, 1.807) is 18.2 Å². The number of aromatic nitrogens is 4. The number of nitrogens with one attached hydrogen (secondary N) is 1. The van der Waals surface area contributed by atoms with E-state index in [0.29, 0.717) is 34.5 Å². The van der Waals surface area contributed by atoms with Gasteiger partial charge in [0.05, 0.1) is 12.9 Å². The largest absolute Gasteiger partial charge is 0.524 e. The van der Waals surface area contributed by atoms with Crippen LogP contribution < -0.4 is 9.84 Å². The predicted molar refractivity (Wildman–Crippen MR) is 114 cm³/mol. The lowest BCUT2D eigenvalue weighted by atomic mass is 10.1. The summed E-state index contributed by atoms with van der Waals surface area (Å²) >= 11 is 0. The smallest absolute Gasteiger partial charge is 0.404 e. The van der Waals surface area contributed by atoms with Gasteiger partial charge in [0, 0.05) is 6.54 Å². The minimum Gasteiger partial charge on any atom is -0.404 e. The fourth-order valence-electron chi connectivity index (χ4n) is 3.68. The first-order valence-electron chi connectivity index (χ1n) is 10.1. The van der Waals surface area contributed by atoms with Crippen LogP contribution in [-0.2, 0) is 22.3 Å². The highest BCUT2D eigenvalue weighted by Gasteiger charge is 2.44. The van der Waals surface area contributed by atoms with Crippen molar-refractivity contribution in [1.82, 2.24) is 19.5 Å². The van der Waals surface area contributed by atoms with Crippen molar-refractivity contribution in [3.8, 4) is 5.75 Å². The number of phosphoric acid groups is 1. The number of fused-ring (bicyclic) bond motifs is 1. The zero-order valence-corrected chi connectivity index (χ0v) is 18.4. The Morgan fingerprint density at radius 2 is 2.00 bits per heavy atom. The van der Waals surface area contributed by atoms with Gasteiger partial charge in [-0.25, -0.2) is 19.5 Å². The maximum Gasteiger partial charge on any atom is 0.524 e. The number of anilines is 1. The molecular formula is C19H24N5O8P. The number of ether oxygens (including phenoxy) is 1. The highest BCUT2D eigenvalue weighted by molar-refractivity contribution is 7.46. The van der Waals surface area contributed by atoms with Crippen molar-refractivity contribution in [2.75, 3.05) is 11.9 Å². The average molecular weight is 481 g/mol. The van der Waals surface area contributed by atoms with E-state index < -0.39 is 39.0 Å². The average Bonchev–Trinajstić information content (AvgIpc) is 3.32. The summed E-state index contributed by atoms with van der Waals surface area (Å²) in [5, 5.41) is 32.7. The summed E-state index contributed by atoms with van der Waals surface area (Å²) in [5.74, 6) is 0.481. The van der Waals surface area contributed by atoms with Gasteiger partial charge in [0.2, 0.25) is 0 Å². The molecule has 13 nitrogen and oxygen atoms in total. The molecule has 0 amide bonds. The quantitative estimate of drug-likeness (QED) is 0.238. The Morgan fingerprint density at radius 1 is 1.21 bits per heavy atom. The zero-order chi connectivity index (χ0) is 23.8. The molecule has 0 spiro atoms. The number of benzene rings is 1. The van der Waals surface area contributed by atoms with Crippen molar-refractivity contribution < 1.29 is 38.9 Å². The molecule has 6 N–H and O–H groups in total. The first-order chi connectivity index (χ1) is 15.7. The van der Waals surface area contributed by atoms with E-state index in [1.807, 2.05) is 6.92 Å². The van der Waals surface area contributed by atoms with Crippen molar-refractivity contribution in [3.05, 3.63) is 42.0 Å². The summed E-state index contributed by atoms with van der Waals surface area (Å²) < 4.78 is 23.1. The van der Waals surface area contributed by atoms with E-state index >= 15 is 0 Å². The molecule has 4 rings (SSSR count). The van der Waals surface area contributed by atoms with E-state index in [9.17, 15) is 19.9 Å². The topological polar surface area (TPSA) is 192 Å². The summed E-state index contributed by atoms with van der Waals surface area (Å²) in [6.07, 6.45) is -1.23. The van der Waals surface area contributed by atoms with Gasteiger partial charge in [0.25, 0.3) is 0 Å². The minimum atomic E-state index is -4.70. The molecule has 1 aliphatic heterocycles. The van der Waals surface area contributed by atoms with E-state index in [1.165, 1.54) is 17.2 Å². The first-order valence-corrected chi connectivity index (χ1v) is 11.7. The fourth-order valence-corrected chi connectivity index (χ4v) is 4.10. The highest BCUT2D eigenvalue weighted by atomic mass is 31.2. The summed E-state index contributed by atoms with van der Waals surface area (Å²) in [7, 11) is -4.70. The van der Waals surface area contributed by atoms with Crippen molar-refractivity contribution in [2.45, 2.75) is 44.4 Å². The second kappa shape index (κ2) is 9.31. The van der Waals surface area contributed by atoms with Gasteiger partial charge in [0.15, 0.2) is 23.2 Å². The molecule has 3 heterocycles. The van der Waals surface area contributed by atoms with Crippen LogP contribution >= 0.6 is 7.82 Å². The summed E-state index contributed by atoms with van der Waals surface area (Å²) in [5.41, 5.74) is 2.07. The number of nitrogens with zero attached hydrogens (tertiary/aromatic N) is 4. The fraction of sp³-hybridized carbons (Fsp3) is 0.421. The third-order valence-electron chi connectivity index (χ3n) is 5.34. The van der Waals surface area contributed by atoms with Gasteiger partial charge in [-0.1, -0.05) is 19.1 Å². The van der Waals surface area contributed by atoms with Crippen LogP contribution in [0.25, 0.3) is 11.2 Å². The van der Waals surface area contributed by atoms with Crippen LogP contribution in [-0.4, -0.2) is 69.5 Å². The monoisotopic (exact) mass is 481 g/mol. The van der Waals surface area contributed by atoms with Crippen molar-refractivity contribution in [1.29, 1.82) is 0 Å². The van der Waals surface area contributed by atoms with Gasteiger partial charge in [-0.15, -0.1) is 0 Å². The number of imidazole rings is 1. The van der Waals surface area contributed by atoms with Crippen LogP contribution in [0, 0.1) is 0 Å². The number of phosphoric ester groups is 1. The van der Waals surface area contributed by atoms with Gasteiger partial charge < -0.3 is 29.9 Å². The third-order valence-corrected chi connectivity index (χ3v) is 5.77. The van der Waals surface area contributed by atoms with Crippen LogP contribution in [0.5, 0.6) is 5.75 Å². The van der Waals surface area contributed by atoms with Crippen molar-refractivity contribution >= 4 is 24.8 Å². The van der Waals surface area contributed by atoms with Crippen molar-refractivity contribution in [2.24, 2.45) is 0 Å². The van der Waals surface area contributed by atoms with Crippen LogP contribution in [0.1, 0.15) is 24.3 Å². The summed E-state index contributed by atoms with van der Waals surface area (Å²) in [6, 6.07) is 5.07. The molecule has 0 unspecified atom stereocenters. The molecule has 1 aromatic carbocycles. The molecular weight excluding hydrogens is 457 g/mol. The Morgan fingerprint density at radius 3 is 2.67 bits per heavy atom. The molecule has 1 aliphatic rings. The highest BCUT2D eigenvalue weighted by Crippen LogP contribution is 2.39. The number of aliphatic hydroxyl groups is 3. The SMILES string of the molecule is CCc1ccc(CNc2ncnc3c2ncn3[C@@H]2O[C@H](CO)[C@@H](O)[C@H]2O)cc1OP(=O)(O)O. The molecule has 0 saturated carbocycles. The third kappa shape index (κ3) is 4.84. The first kappa shape index (κ1) is 23.5. The molecule has 2 aromatic heterocycles. The maximum atomic E-state index is 11.3. The van der Waals surface area contributed by atoms with Crippen LogP contribution in [0.4, 0.5) is 5.82 Å². The van der Waals surface area contributed by atoms with E-state index in [4.69, 9.17) is 19.0 Å². The predicted octanol–water partition coefficient (Wildman–Crippen LogP) is 0.0838. The number of hydrogen-bond acceptors (Lipinski definition) is 10. The molecule has 1 fully saturated rings. The van der Waals surface area contributed by atoms with E-state index in [-0.39, 0.29) is 12.3 Å². The Hall–Kier alpha value is -2.64. The molecule has 4 atom stereocenters. The summed E-state index contributed by atoms with van der Waals surface area (Å²) in [6.45, 7) is 1.64. The lowest BCUT2D eigenvalue weighted by Crippen LogP contribution is -2.33. The maximum absolute atomic E-state index is 11.3.